The first-order valence-corrected chi connectivity index (χ1v) is 10.5. The van der Waals surface area contributed by atoms with Crippen molar-refractivity contribution in [3.8, 4) is 0 Å². The lowest BCUT2D eigenvalue weighted by molar-refractivity contribution is -0.137. The number of rotatable bonds is 9. The Kier molecular flexibility index (Phi) is 8.80. The van der Waals surface area contributed by atoms with Crippen molar-refractivity contribution in [2.24, 2.45) is 0 Å². The van der Waals surface area contributed by atoms with E-state index in [2.05, 4.69) is 5.32 Å². The SMILES string of the molecule is CNC(=O)[C@@H](C)N(CCc1ccccc1)C(=O)CSCc1c(F)cccc1Cl. The van der Waals surface area contributed by atoms with Gasteiger partial charge < -0.3 is 10.2 Å². The molecule has 0 spiro atoms. The van der Waals surface area contributed by atoms with E-state index in [9.17, 15) is 14.0 Å². The molecule has 0 saturated carbocycles. The quantitative estimate of drug-likeness (QED) is 0.666. The number of carbonyl (C=O) groups excluding carboxylic acids is 2. The first-order chi connectivity index (χ1) is 13.4. The minimum absolute atomic E-state index is 0.140. The van der Waals surface area contributed by atoms with Gasteiger partial charge in [-0.15, -0.1) is 11.8 Å². The molecule has 0 radical (unpaired) electrons. The second kappa shape index (κ2) is 11.1. The van der Waals surface area contributed by atoms with Crippen molar-refractivity contribution in [3.63, 3.8) is 0 Å². The number of nitrogens with one attached hydrogen (secondary N) is 1. The van der Waals surface area contributed by atoms with Crippen LogP contribution in [-0.2, 0) is 21.8 Å². The summed E-state index contributed by atoms with van der Waals surface area (Å²) < 4.78 is 13.9. The van der Waals surface area contributed by atoms with Gasteiger partial charge in [0.25, 0.3) is 0 Å². The minimum Gasteiger partial charge on any atom is -0.357 e. The molecule has 2 amide bonds. The van der Waals surface area contributed by atoms with Crippen LogP contribution in [0.1, 0.15) is 18.1 Å². The van der Waals surface area contributed by atoms with Gasteiger partial charge in [0.15, 0.2) is 0 Å². The molecule has 0 aromatic heterocycles. The Balaban J connectivity index is 2.00. The molecule has 1 atom stereocenters. The Morgan fingerprint density at radius 1 is 1.18 bits per heavy atom. The highest BCUT2D eigenvalue weighted by atomic mass is 35.5. The highest BCUT2D eigenvalue weighted by Gasteiger charge is 2.25. The Hall–Kier alpha value is -2.05. The first kappa shape index (κ1) is 22.2. The molecule has 2 aromatic rings. The van der Waals surface area contributed by atoms with E-state index in [4.69, 9.17) is 11.6 Å². The Labute approximate surface area is 174 Å². The second-order valence-corrected chi connectivity index (χ2v) is 7.70. The summed E-state index contributed by atoms with van der Waals surface area (Å²) in [4.78, 5) is 26.4. The van der Waals surface area contributed by atoms with Gasteiger partial charge in [0.1, 0.15) is 11.9 Å². The zero-order valence-corrected chi connectivity index (χ0v) is 17.5. The number of benzene rings is 2. The van der Waals surface area contributed by atoms with Crippen LogP contribution in [0, 0.1) is 5.82 Å². The van der Waals surface area contributed by atoms with Crippen molar-refractivity contribution >= 4 is 35.2 Å². The van der Waals surface area contributed by atoms with Gasteiger partial charge in [-0.25, -0.2) is 4.39 Å². The summed E-state index contributed by atoms with van der Waals surface area (Å²) in [6, 6.07) is 13.7. The van der Waals surface area contributed by atoms with Crippen molar-refractivity contribution in [2.45, 2.75) is 25.1 Å². The topological polar surface area (TPSA) is 49.4 Å². The predicted octanol–water partition coefficient (Wildman–Crippen LogP) is 3.92. The average Bonchev–Trinajstić information content (AvgIpc) is 2.70. The van der Waals surface area contributed by atoms with Crippen LogP contribution in [0.3, 0.4) is 0 Å². The minimum atomic E-state index is -0.584. The maximum Gasteiger partial charge on any atom is 0.242 e. The Morgan fingerprint density at radius 2 is 1.89 bits per heavy atom. The molecule has 0 aliphatic carbocycles. The number of carbonyl (C=O) groups is 2. The first-order valence-electron chi connectivity index (χ1n) is 8.99. The van der Waals surface area contributed by atoms with Gasteiger partial charge in [-0.1, -0.05) is 48.0 Å². The number of thioether (sulfide) groups is 1. The highest BCUT2D eigenvalue weighted by molar-refractivity contribution is 7.99. The lowest BCUT2D eigenvalue weighted by atomic mass is 10.1. The van der Waals surface area contributed by atoms with E-state index in [0.717, 1.165) is 5.56 Å². The molecule has 0 heterocycles. The molecular formula is C21H24ClFN2O2S. The molecule has 1 N–H and O–H groups in total. The maximum absolute atomic E-state index is 13.9. The third-order valence-electron chi connectivity index (χ3n) is 4.43. The van der Waals surface area contributed by atoms with Gasteiger partial charge >= 0.3 is 0 Å². The lowest BCUT2D eigenvalue weighted by Gasteiger charge is -2.28. The van der Waals surface area contributed by atoms with Crippen LogP contribution in [0.25, 0.3) is 0 Å². The molecule has 0 saturated heterocycles. The van der Waals surface area contributed by atoms with Crippen LogP contribution in [0.4, 0.5) is 4.39 Å². The Bertz CT molecular complexity index is 784. The Morgan fingerprint density at radius 3 is 2.54 bits per heavy atom. The van der Waals surface area contributed by atoms with Crippen molar-refractivity contribution < 1.29 is 14.0 Å². The molecule has 0 unspecified atom stereocenters. The highest BCUT2D eigenvalue weighted by Crippen LogP contribution is 2.24. The molecule has 150 valence electrons. The molecule has 4 nitrogen and oxygen atoms in total. The predicted molar refractivity (Wildman–Crippen MR) is 113 cm³/mol. The van der Waals surface area contributed by atoms with E-state index in [0.29, 0.717) is 23.6 Å². The van der Waals surface area contributed by atoms with Crippen molar-refractivity contribution in [3.05, 3.63) is 70.5 Å². The van der Waals surface area contributed by atoms with Gasteiger partial charge in [0.2, 0.25) is 11.8 Å². The number of halogens is 2. The largest absolute Gasteiger partial charge is 0.357 e. The van der Waals surface area contributed by atoms with E-state index in [1.807, 2.05) is 30.3 Å². The molecule has 0 aliphatic heterocycles. The average molecular weight is 423 g/mol. The molecular weight excluding hydrogens is 399 g/mol. The number of hydrogen-bond donors (Lipinski definition) is 1. The zero-order valence-electron chi connectivity index (χ0n) is 16.0. The van der Waals surface area contributed by atoms with Crippen molar-refractivity contribution in [1.82, 2.24) is 10.2 Å². The summed E-state index contributed by atoms with van der Waals surface area (Å²) in [5.41, 5.74) is 1.48. The van der Waals surface area contributed by atoms with Crippen LogP contribution < -0.4 is 5.32 Å². The molecule has 0 aliphatic rings. The van der Waals surface area contributed by atoms with Crippen molar-refractivity contribution in [1.29, 1.82) is 0 Å². The van der Waals surface area contributed by atoms with Crippen LogP contribution >= 0.6 is 23.4 Å². The summed E-state index contributed by atoms with van der Waals surface area (Å²) in [7, 11) is 1.55. The fraction of sp³-hybridized carbons (Fsp3) is 0.333. The number of nitrogens with zero attached hydrogens (tertiary/aromatic N) is 1. The number of hydrogen-bond acceptors (Lipinski definition) is 3. The van der Waals surface area contributed by atoms with Gasteiger partial charge in [-0.2, -0.15) is 0 Å². The molecule has 0 bridgehead atoms. The summed E-state index contributed by atoms with van der Waals surface area (Å²) in [6.45, 7) is 2.14. The van der Waals surface area contributed by atoms with E-state index in [1.54, 1.807) is 31.0 Å². The smallest absolute Gasteiger partial charge is 0.242 e. The van der Waals surface area contributed by atoms with Crippen molar-refractivity contribution in [2.75, 3.05) is 19.3 Å². The van der Waals surface area contributed by atoms with Crippen LogP contribution in [0.5, 0.6) is 0 Å². The van der Waals surface area contributed by atoms with Crippen LogP contribution in [0.2, 0.25) is 5.02 Å². The molecule has 28 heavy (non-hydrogen) atoms. The fourth-order valence-electron chi connectivity index (χ4n) is 2.77. The van der Waals surface area contributed by atoms with E-state index >= 15 is 0 Å². The van der Waals surface area contributed by atoms with E-state index in [-0.39, 0.29) is 29.1 Å². The second-order valence-electron chi connectivity index (χ2n) is 6.31. The molecule has 2 aromatic carbocycles. The van der Waals surface area contributed by atoms with Gasteiger partial charge in [-0.3, -0.25) is 9.59 Å². The molecule has 0 fully saturated rings. The normalized spacial score (nSPS) is 11.7. The molecule has 2 rings (SSSR count). The third-order valence-corrected chi connectivity index (χ3v) is 5.73. The summed E-state index contributed by atoms with van der Waals surface area (Å²) >= 11 is 7.32. The standard InChI is InChI=1S/C21H24ClFN2O2S/c1-15(21(27)24-2)25(12-11-16-7-4-3-5-8-16)20(26)14-28-13-17-18(22)9-6-10-19(17)23/h3-10,15H,11-14H2,1-2H3,(H,24,27)/t15-/m1/s1. The third kappa shape index (κ3) is 6.24. The monoisotopic (exact) mass is 422 g/mol. The fourth-order valence-corrected chi connectivity index (χ4v) is 4.02. The van der Waals surface area contributed by atoms with E-state index < -0.39 is 6.04 Å². The summed E-state index contributed by atoms with van der Waals surface area (Å²) in [5, 5.41) is 2.94. The van der Waals surface area contributed by atoms with Gasteiger partial charge in [0.05, 0.1) is 5.75 Å². The zero-order chi connectivity index (χ0) is 20.5. The van der Waals surface area contributed by atoms with Gasteiger partial charge in [0, 0.05) is 29.9 Å². The van der Waals surface area contributed by atoms with Crippen LogP contribution in [-0.4, -0.2) is 42.1 Å². The van der Waals surface area contributed by atoms with Crippen LogP contribution in [0.15, 0.2) is 48.5 Å². The summed E-state index contributed by atoms with van der Waals surface area (Å²) in [5.74, 6) is -0.334. The molecule has 7 heteroatoms. The lowest BCUT2D eigenvalue weighted by Crippen LogP contribution is -2.48. The maximum atomic E-state index is 13.9. The number of amides is 2. The summed E-state index contributed by atoms with van der Waals surface area (Å²) in [6.07, 6.45) is 0.651. The van der Waals surface area contributed by atoms with Gasteiger partial charge in [-0.05, 0) is 31.0 Å². The number of likely N-dealkylation sites (N-methyl/N-ethyl adjacent to an activating group) is 1. The van der Waals surface area contributed by atoms with E-state index in [1.165, 1.54) is 17.8 Å².